The number of hydrazine groups is 1. The van der Waals surface area contributed by atoms with Crippen molar-refractivity contribution in [1.29, 1.82) is 0 Å². The molecule has 37 heavy (non-hydrogen) atoms. The van der Waals surface area contributed by atoms with Gasteiger partial charge in [0.2, 0.25) is 11.8 Å². The molecule has 3 N–H and O–H groups in total. The number of hydrogen-bond acceptors (Lipinski definition) is 5. The van der Waals surface area contributed by atoms with E-state index < -0.39 is 58.8 Å². The number of hydrogen-bond donors (Lipinski definition) is 3. The first-order valence-corrected chi connectivity index (χ1v) is 13.1. The predicted octanol–water partition coefficient (Wildman–Crippen LogP) is 1.42. The molecular formula is C24H38ClF2N5O5. The van der Waals surface area contributed by atoms with Gasteiger partial charge in [0.25, 0.3) is 23.4 Å². The second-order valence-electron chi connectivity index (χ2n) is 10.5. The molecule has 2 aliphatic rings. The third-order valence-electron chi connectivity index (χ3n) is 7.02. The molecule has 0 aromatic rings. The van der Waals surface area contributed by atoms with E-state index in [1.807, 2.05) is 27.7 Å². The molecule has 210 valence electrons. The summed E-state index contributed by atoms with van der Waals surface area (Å²) in [6.45, 7) is 8.76. The van der Waals surface area contributed by atoms with E-state index in [9.17, 15) is 32.8 Å². The molecule has 0 radical (unpaired) electrons. The molecule has 0 aliphatic carbocycles. The van der Waals surface area contributed by atoms with Crippen molar-refractivity contribution in [2.45, 2.75) is 84.2 Å². The fraction of sp³-hybridized carbons (Fsp3) is 0.792. The maximum absolute atomic E-state index is 13.7. The van der Waals surface area contributed by atoms with Gasteiger partial charge in [-0.1, -0.05) is 52.1 Å². The van der Waals surface area contributed by atoms with E-state index in [0.717, 1.165) is 6.92 Å². The minimum Gasteiger partial charge on any atom is -0.356 e. The number of alkyl halides is 3. The van der Waals surface area contributed by atoms with Crippen LogP contribution in [0.15, 0.2) is 0 Å². The Balaban J connectivity index is 2.31. The van der Waals surface area contributed by atoms with Crippen molar-refractivity contribution in [2.24, 2.45) is 17.3 Å². The molecule has 13 heteroatoms. The zero-order valence-electron chi connectivity index (χ0n) is 22.0. The number of amides is 5. The SMILES string of the molecule is CCC(CC)[C@H](NC(=O)[C@@H](C)F)C(=O)N1CC(C)(C)C[C@H]1C(=O)NN(C[C@@H]1CCNC1=O)C(=O)[C@H](F)Cl. The highest BCUT2D eigenvalue weighted by Crippen LogP contribution is 2.35. The average Bonchev–Trinajstić information content (AvgIpc) is 3.38. The summed E-state index contributed by atoms with van der Waals surface area (Å²) in [6, 6.07) is -2.11. The molecule has 2 aliphatic heterocycles. The Morgan fingerprint density at radius 2 is 1.84 bits per heavy atom. The highest BCUT2D eigenvalue weighted by Gasteiger charge is 2.47. The van der Waals surface area contributed by atoms with Crippen molar-refractivity contribution in [3.05, 3.63) is 0 Å². The second kappa shape index (κ2) is 12.8. The average molecular weight is 550 g/mol. The molecule has 0 aromatic carbocycles. The van der Waals surface area contributed by atoms with Crippen LogP contribution in [0.2, 0.25) is 0 Å². The zero-order valence-corrected chi connectivity index (χ0v) is 22.7. The van der Waals surface area contributed by atoms with E-state index in [4.69, 9.17) is 11.6 Å². The Hall–Kier alpha value is -2.50. The Bertz CT molecular complexity index is 884. The van der Waals surface area contributed by atoms with E-state index in [1.54, 1.807) is 0 Å². The minimum atomic E-state index is -2.44. The lowest BCUT2D eigenvalue weighted by Gasteiger charge is -2.34. The number of carbonyl (C=O) groups excluding carboxylic acids is 5. The maximum Gasteiger partial charge on any atom is 0.291 e. The fourth-order valence-electron chi connectivity index (χ4n) is 4.88. The van der Waals surface area contributed by atoms with Crippen LogP contribution < -0.4 is 16.1 Å². The van der Waals surface area contributed by atoms with Crippen molar-refractivity contribution in [3.8, 4) is 0 Å². The van der Waals surface area contributed by atoms with Crippen LogP contribution in [-0.2, 0) is 24.0 Å². The van der Waals surface area contributed by atoms with Crippen LogP contribution in [0.1, 0.15) is 60.3 Å². The van der Waals surface area contributed by atoms with E-state index in [1.165, 1.54) is 4.90 Å². The van der Waals surface area contributed by atoms with Crippen LogP contribution >= 0.6 is 11.6 Å². The summed E-state index contributed by atoms with van der Waals surface area (Å²) in [5.74, 6) is -4.74. The summed E-state index contributed by atoms with van der Waals surface area (Å²) in [4.78, 5) is 65.0. The van der Waals surface area contributed by atoms with Gasteiger partial charge in [0.15, 0.2) is 6.17 Å². The zero-order chi connectivity index (χ0) is 28.1. The molecule has 2 heterocycles. The lowest BCUT2D eigenvalue weighted by atomic mass is 9.90. The molecule has 10 nitrogen and oxygen atoms in total. The molecule has 2 fully saturated rings. The van der Waals surface area contributed by atoms with Crippen molar-refractivity contribution in [2.75, 3.05) is 19.6 Å². The summed E-state index contributed by atoms with van der Waals surface area (Å²) >= 11 is 5.35. The number of nitrogens with one attached hydrogen (secondary N) is 3. The summed E-state index contributed by atoms with van der Waals surface area (Å²) in [6.07, 6.45) is -0.152. The third kappa shape index (κ3) is 7.75. The van der Waals surface area contributed by atoms with Gasteiger partial charge in [-0.05, 0) is 31.1 Å². The van der Waals surface area contributed by atoms with Gasteiger partial charge in [-0.25, -0.2) is 13.8 Å². The Kier molecular flexibility index (Phi) is 10.7. The van der Waals surface area contributed by atoms with Gasteiger partial charge in [-0.15, -0.1) is 0 Å². The molecule has 5 amide bonds. The van der Waals surface area contributed by atoms with Gasteiger partial charge in [-0.3, -0.25) is 29.4 Å². The highest BCUT2D eigenvalue weighted by molar-refractivity contribution is 6.29. The largest absolute Gasteiger partial charge is 0.356 e. The molecule has 0 unspecified atom stereocenters. The first-order valence-electron chi connectivity index (χ1n) is 12.6. The van der Waals surface area contributed by atoms with Crippen LogP contribution in [0.5, 0.6) is 0 Å². The van der Waals surface area contributed by atoms with Crippen molar-refractivity contribution < 1.29 is 32.8 Å². The highest BCUT2D eigenvalue weighted by atomic mass is 35.5. The summed E-state index contributed by atoms with van der Waals surface area (Å²) in [5, 5.41) is 5.80. The first-order chi connectivity index (χ1) is 17.2. The monoisotopic (exact) mass is 549 g/mol. The second-order valence-corrected chi connectivity index (χ2v) is 10.9. The van der Waals surface area contributed by atoms with E-state index in [-0.39, 0.29) is 31.3 Å². The van der Waals surface area contributed by atoms with Crippen LogP contribution in [-0.4, -0.2) is 83.0 Å². The van der Waals surface area contributed by atoms with Crippen LogP contribution in [0.4, 0.5) is 8.78 Å². The molecule has 0 bridgehead atoms. The third-order valence-corrected chi connectivity index (χ3v) is 7.20. The summed E-state index contributed by atoms with van der Waals surface area (Å²) in [5.41, 5.74) is -0.577. The molecule has 2 rings (SSSR count). The normalized spacial score (nSPS) is 23.3. The van der Waals surface area contributed by atoms with Gasteiger partial charge in [0.1, 0.15) is 12.1 Å². The van der Waals surface area contributed by atoms with E-state index in [0.29, 0.717) is 30.8 Å². The Morgan fingerprint density at radius 3 is 2.32 bits per heavy atom. The van der Waals surface area contributed by atoms with Crippen molar-refractivity contribution >= 4 is 41.1 Å². The summed E-state index contributed by atoms with van der Waals surface area (Å²) < 4.78 is 27.4. The number of carbonyl (C=O) groups is 5. The fourth-order valence-corrected chi connectivity index (χ4v) is 5.00. The molecule has 2 saturated heterocycles. The lowest BCUT2D eigenvalue weighted by Crippen LogP contribution is -2.59. The molecule has 5 atom stereocenters. The van der Waals surface area contributed by atoms with Gasteiger partial charge in [-0.2, -0.15) is 0 Å². The predicted molar refractivity (Wildman–Crippen MR) is 132 cm³/mol. The van der Waals surface area contributed by atoms with Gasteiger partial charge >= 0.3 is 0 Å². The number of halogens is 3. The minimum absolute atomic E-state index is 0.168. The van der Waals surface area contributed by atoms with Gasteiger partial charge in [0, 0.05) is 13.1 Å². The van der Waals surface area contributed by atoms with Crippen molar-refractivity contribution in [3.63, 3.8) is 0 Å². The van der Waals surface area contributed by atoms with E-state index in [2.05, 4.69) is 16.1 Å². The molecule has 0 aromatic heterocycles. The standard InChI is InChI=1S/C24H38ClF2N5O5/c1-6-14(7-2)17(29-19(33)13(3)26)22(36)31-12-24(4,5)10-16(31)21(35)30-32(23(37)18(25)27)11-15-8-9-28-20(15)34/h13-18H,6-12H2,1-5H3,(H,28,34)(H,29,33)(H,30,35)/t13-,15+,16+,17+,18+/m1/s1. The first kappa shape index (κ1) is 30.7. The van der Waals surface area contributed by atoms with Gasteiger partial charge in [0.05, 0.1) is 12.5 Å². The number of rotatable bonds is 10. The number of likely N-dealkylation sites (tertiary alicyclic amines) is 1. The molecule has 0 saturated carbocycles. The quantitative estimate of drug-likeness (QED) is 0.280. The maximum atomic E-state index is 13.7. The van der Waals surface area contributed by atoms with Gasteiger partial charge < -0.3 is 15.5 Å². The Labute approximate surface area is 221 Å². The molecular weight excluding hydrogens is 512 g/mol. The van der Waals surface area contributed by atoms with Crippen LogP contribution in [0, 0.1) is 17.3 Å². The smallest absolute Gasteiger partial charge is 0.291 e. The molecule has 0 spiro atoms. The topological polar surface area (TPSA) is 128 Å². The van der Waals surface area contributed by atoms with Crippen LogP contribution in [0.25, 0.3) is 0 Å². The van der Waals surface area contributed by atoms with E-state index >= 15 is 0 Å². The lowest BCUT2D eigenvalue weighted by molar-refractivity contribution is -0.149. The van der Waals surface area contributed by atoms with Crippen LogP contribution in [0.3, 0.4) is 0 Å². The Morgan fingerprint density at radius 1 is 1.22 bits per heavy atom. The van der Waals surface area contributed by atoms with Crippen molar-refractivity contribution in [1.82, 2.24) is 26.0 Å². The number of nitrogens with zero attached hydrogens (tertiary/aromatic N) is 2. The summed E-state index contributed by atoms with van der Waals surface area (Å²) in [7, 11) is 0.